The fourth-order valence-corrected chi connectivity index (χ4v) is 5.58. The molecule has 0 saturated heterocycles. The molecule has 2 aliphatic rings. The fraction of sp³-hybridized carbons (Fsp3) is 0.741. The van der Waals surface area contributed by atoms with Crippen molar-refractivity contribution in [1.82, 2.24) is 0 Å². The molecule has 2 aliphatic carbocycles. The Morgan fingerprint density at radius 2 is 1.55 bits per heavy atom. The first kappa shape index (κ1) is 22.4. The number of hydrogen-bond acceptors (Lipinski definition) is 2. The number of carbonyl (C=O) groups is 1. The monoisotopic (exact) mass is 398 g/mol. The van der Waals surface area contributed by atoms with Crippen molar-refractivity contribution in [2.24, 2.45) is 17.3 Å². The Morgan fingerprint density at radius 1 is 0.931 bits per heavy atom. The first-order valence-electron chi connectivity index (χ1n) is 12.3. The third kappa shape index (κ3) is 5.86. The van der Waals surface area contributed by atoms with E-state index in [2.05, 4.69) is 45.0 Å². The highest BCUT2D eigenvalue weighted by Crippen LogP contribution is 2.47. The average Bonchev–Trinajstić information content (AvgIpc) is 2.77. The van der Waals surface area contributed by atoms with Crippen LogP contribution in [0.25, 0.3) is 0 Å². The molecule has 0 atom stereocenters. The van der Waals surface area contributed by atoms with Gasteiger partial charge in [-0.15, -0.1) is 0 Å². The number of benzene rings is 1. The van der Waals surface area contributed by atoms with Gasteiger partial charge in [-0.3, -0.25) is 4.79 Å². The third-order valence-electron chi connectivity index (χ3n) is 7.77. The molecule has 2 nitrogen and oxygen atoms in total. The second-order valence-electron chi connectivity index (χ2n) is 9.99. The molecule has 1 aromatic carbocycles. The van der Waals surface area contributed by atoms with E-state index in [1.165, 1.54) is 63.4 Å². The highest BCUT2D eigenvalue weighted by atomic mass is 16.5. The molecule has 2 fully saturated rings. The zero-order valence-electron chi connectivity index (χ0n) is 19.1. The average molecular weight is 399 g/mol. The minimum atomic E-state index is -0.234. The molecule has 0 heterocycles. The molecule has 0 amide bonds. The molecule has 0 bridgehead atoms. The van der Waals surface area contributed by atoms with Crippen molar-refractivity contribution < 1.29 is 9.53 Å². The highest BCUT2D eigenvalue weighted by Gasteiger charge is 2.41. The lowest BCUT2D eigenvalue weighted by Gasteiger charge is -2.41. The van der Waals surface area contributed by atoms with Gasteiger partial charge in [-0.1, -0.05) is 44.5 Å². The van der Waals surface area contributed by atoms with E-state index in [0.29, 0.717) is 6.61 Å². The molecule has 29 heavy (non-hydrogen) atoms. The van der Waals surface area contributed by atoms with Gasteiger partial charge in [-0.25, -0.2) is 0 Å². The molecule has 2 heteroatoms. The Balaban J connectivity index is 1.45. The van der Waals surface area contributed by atoms with Gasteiger partial charge in [0.2, 0.25) is 0 Å². The van der Waals surface area contributed by atoms with Crippen LogP contribution in [0.4, 0.5) is 0 Å². The predicted octanol–water partition coefficient (Wildman–Crippen LogP) is 7.45. The standard InChI is InChI=1S/C27H42O2/c1-4-6-7-21-8-10-22(11-9-21)23-12-14-24(15-13-23)25-16-18-27(3,19-17-25)26(28)29-20-5-2/h8-11,23-25H,4-7,12-20H2,1-3H3. The Kier molecular flexibility index (Phi) is 8.21. The molecule has 0 N–H and O–H groups in total. The molecule has 0 unspecified atom stereocenters. The van der Waals surface area contributed by atoms with Crippen molar-refractivity contribution in [2.75, 3.05) is 6.61 Å². The number of rotatable bonds is 8. The van der Waals surface area contributed by atoms with Gasteiger partial charge < -0.3 is 4.74 Å². The van der Waals surface area contributed by atoms with Crippen LogP contribution in [0.1, 0.15) is 108 Å². The summed E-state index contributed by atoms with van der Waals surface area (Å²) in [6.07, 6.45) is 14.5. The minimum Gasteiger partial charge on any atom is -0.465 e. The summed E-state index contributed by atoms with van der Waals surface area (Å²) >= 11 is 0. The van der Waals surface area contributed by atoms with Gasteiger partial charge in [-0.2, -0.15) is 0 Å². The smallest absolute Gasteiger partial charge is 0.311 e. The minimum absolute atomic E-state index is 0.0453. The largest absolute Gasteiger partial charge is 0.465 e. The molecule has 0 aliphatic heterocycles. The highest BCUT2D eigenvalue weighted by molar-refractivity contribution is 5.76. The Labute approximate surface area is 178 Å². The summed E-state index contributed by atoms with van der Waals surface area (Å²) in [5.74, 6) is 2.49. The summed E-state index contributed by atoms with van der Waals surface area (Å²) in [7, 11) is 0. The lowest BCUT2D eigenvalue weighted by molar-refractivity contribution is -0.157. The zero-order chi connectivity index (χ0) is 20.7. The molecule has 0 spiro atoms. The quantitative estimate of drug-likeness (QED) is 0.425. The zero-order valence-corrected chi connectivity index (χ0v) is 19.1. The van der Waals surface area contributed by atoms with Crippen molar-refractivity contribution >= 4 is 5.97 Å². The van der Waals surface area contributed by atoms with E-state index in [1.54, 1.807) is 5.56 Å². The summed E-state index contributed by atoms with van der Waals surface area (Å²) in [5.41, 5.74) is 2.81. The molecule has 0 radical (unpaired) electrons. The van der Waals surface area contributed by atoms with Gasteiger partial charge in [0, 0.05) is 0 Å². The van der Waals surface area contributed by atoms with Crippen molar-refractivity contribution in [3.05, 3.63) is 35.4 Å². The van der Waals surface area contributed by atoms with Gasteiger partial charge in [0.25, 0.3) is 0 Å². The number of hydrogen-bond donors (Lipinski definition) is 0. The predicted molar refractivity (Wildman–Crippen MR) is 121 cm³/mol. The van der Waals surface area contributed by atoms with Gasteiger partial charge in [0.05, 0.1) is 12.0 Å². The molecule has 0 aromatic heterocycles. The second-order valence-corrected chi connectivity index (χ2v) is 9.99. The summed E-state index contributed by atoms with van der Waals surface area (Å²) in [5, 5.41) is 0. The number of carbonyl (C=O) groups excluding carboxylic acids is 1. The third-order valence-corrected chi connectivity index (χ3v) is 7.77. The Morgan fingerprint density at radius 3 is 2.14 bits per heavy atom. The van der Waals surface area contributed by atoms with Crippen LogP contribution in [-0.2, 0) is 16.0 Å². The lowest BCUT2D eigenvalue weighted by atomic mass is 9.64. The molecular weight excluding hydrogens is 356 g/mol. The van der Waals surface area contributed by atoms with Crippen molar-refractivity contribution in [3.8, 4) is 0 Å². The van der Waals surface area contributed by atoms with Gasteiger partial charge in [0.1, 0.15) is 0 Å². The topological polar surface area (TPSA) is 26.3 Å². The molecule has 162 valence electrons. The maximum absolute atomic E-state index is 12.4. The van der Waals surface area contributed by atoms with E-state index in [0.717, 1.165) is 37.0 Å². The van der Waals surface area contributed by atoms with E-state index >= 15 is 0 Å². The maximum atomic E-state index is 12.4. The summed E-state index contributed by atoms with van der Waals surface area (Å²) in [4.78, 5) is 12.4. The normalized spacial score (nSPS) is 30.1. The summed E-state index contributed by atoms with van der Waals surface area (Å²) in [6, 6.07) is 9.50. The lowest BCUT2D eigenvalue weighted by Crippen LogP contribution is -2.36. The van der Waals surface area contributed by atoms with E-state index in [1.807, 2.05) is 0 Å². The first-order valence-corrected chi connectivity index (χ1v) is 12.3. The Hall–Kier alpha value is -1.31. The SMILES string of the molecule is CCCCc1ccc(C2CCC(C3CCC(C)(C(=O)OCCC)CC3)CC2)cc1. The summed E-state index contributed by atoms with van der Waals surface area (Å²) in [6.45, 7) is 7.02. The van der Waals surface area contributed by atoms with Crippen LogP contribution in [-0.4, -0.2) is 12.6 Å². The van der Waals surface area contributed by atoms with Crippen LogP contribution >= 0.6 is 0 Å². The maximum Gasteiger partial charge on any atom is 0.311 e. The number of aryl methyl sites for hydroxylation is 1. The fourth-order valence-electron chi connectivity index (χ4n) is 5.58. The van der Waals surface area contributed by atoms with Crippen LogP contribution in [0.15, 0.2) is 24.3 Å². The van der Waals surface area contributed by atoms with Crippen molar-refractivity contribution in [1.29, 1.82) is 0 Å². The van der Waals surface area contributed by atoms with E-state index in [4.69, 9.17) is 4.74 Å². The van der Waals surface area contributed by atoms with E-state index < -0.39 is 0 Å². The van der Waals surface area contributed by atoms with Crippen molar-refractivity contribution in [2.45, 2.75) is 104 Å². The number of unbranched alkanes of at least 4 members (excludes halogenated alkanes) is 1. The first-order chi connectivity index (χ1) is 14.1. The van der Waals surface area contributed by atoms with Crippen LogP contribution in [0.5, 0.6) is 0 Å². The number of esters is 1. The molecular formula is C27H42O2. The van der Waals surface area contributed by atoms with Crippen LogP contribution in [0, 0.1) is 17.3 Å². The van der Waals surface area contributed by atoms with Gasteiger partial charge in [-0.05, 0) is 106 Å². The molecule has 1 aromatic rings. The van der Waals surface area contributed by atoms with Crippen molar-refractivity contribution in [3.63, 3.8) is 0 Å². The van der Waals surface area contributed by atoms with E-state index in [-0.39, 0.29) is 11.4 Å². The molecule has 3 rings (SSSR count). The van der Waals surface area contributed by atoms with Crippen LogP contribution in [0.2, 0.25) is 0 Å². The van der Waals surface area contributed by atoms with Gasteiger partial charge in [0.15, 0.2) is 0 Å². The summed E-state index contributed by atoms with van der Waals surface area (Å²) < 4.78 is 5.47. The number of ether oxygens (including phenoxy) is 1. The molecule has 2 saturated carbocycles. The second kappa shape index (κ2) is 10.6. The van der Waals surface area contributed by atoms with Gasteiger partial charge >= 0.3 is 5.97 Å². The Bertz CT molecular complexity index is 616. The van der Waals surface area contributed by atoms with Crippen LogP contribution < -0.4 is 0 Å². The van der Waals surface area contributed by atoms with Crippen LogP contribution in [0.3, 0.4) is 0 Å². The van der Waals surface area contributed by atoms with E-state index in [9.17, 15) is 4.79 Å².